The Labute approximate surface area is 114 Å². The lowest BCUT2D eigenvalue weighted by Crippen LogP contribution is -2.27. The second kappa shape index (κ2) is 8.32. The third-order valence-corrected chi connectivity index (χ3v) is 2.54. The third-order valence-electron chi connectivity index (χ3n) is 2.54. The number of carbonyl (C=O) groups is 1. The Morgan fingerprint density at radius 3 is 2.68 bits per heavy atom. The molecular weight excluding hydrogens is 240 g/mol. The Kier molecular flexibility index (Phi) is 6.68. The van der Waals surface area contributed by atoms with Gasteiger partial charge < -0.3 is 15.8 Å². The minimum absolute atomic E-state index is 0.0377. The molecule has 3 N–H and O–H groups in total. The van der Waals surface area contributed by atoms with Crippen molar-refractivity contribution in [2.45, 2.75) is 19.8 Å². The molecule has 0 aliphatic rings. The maximum Gasteiger partial charge on any atom is 0.220 e. The van der Waals surface area contributed by atoms with Crippen LogP contribution in [0.3, 0.4) is 0 Å². The first-order chi connectivity index (χ1) is 9.08. The molecule has 0 fully saturated rings. The Balaban J connectivity index is 2.11. The van der Waals surface area contributed by atoms with Crippen LogP contribution in [0.2, 0.25) is 0 Å². The van der Waals surface area contributed by atoms with E-state index in [9.17, 15) is 4.79 Å². The van der Waals surface area contributed by atoms with Gasteiger partial charge in [-0.3, -0.25) is 4.79 Å². The molecular formula is C15H22N2O2. The molecule has 1 aromatic carbocycles. The Bertz CT molecular complexity index is 413. The van der Waals surface area contributed by atoms with E-state index in [1.54, 1.807) is 0 Å². The highest BCUT2D eigenvalue weighted by molar-refractivity contribution is 5.76. The van der Waals surface area contributed by atoms with Crippen LogP contribution in [0.1, 0.15) is 18.9 Å². The number of aryl methyl sites for hydroxylation is 1. The Hall–Kier alpha value is -1.81. The summed E-state index contributed by atoms with van der Waals surface area (Å²) in [5.74, 6) is 0.0377. The number of hydrogen-bond donors (Lipinski definition) is 2. The fraction of sp³-hybridized carbons (Fsp3) is 0.400. The van der Waals surface area contributed by atoms with Gasteiger partial charge in [0, 0.05) is 18.7 Å². The van der Waals surface area contributed by atoms with Crippen LogP contribution >= 0.6 is 0 Å². The average molecular weight is 262 g/mol. The van der Waals surface area contributed by atoms with E-state index in [1.807, 2.05) is 31.2 Å². The van der Waals surface area contributed by atoms with E-state index in [0.717, 1.165) is 23.2 Å². The standard InChI is InChI=1S/C15H22N2O2/c1-12(2)11-19-10-9-17-15(18)8-5-13-3-6-14(16)7-4-13/h3-4,6-7H,1,5,8-11,16H2,2H3,(H,17,18). The Morgan fingerprint density at radius 1 is 1.37 bits per heavy atom. The van der Waals surface area contributed by atoms with Gasteiger partial charge in [-0.05, 0) is 31.0 Å². The molecule has 104 valence electrons. The van der Waals surface area contributed by atoms with Crippen LogP contribution in [-0.4, -0.2) is 25.7 Å². The fourth-order valence-electron chi connectivity index (χ4n) is 1.54. The van der Waals surface area contributed by atoms with Crippen molar-refractivity contribution in [1.29, 1.82) is 0 Å². The summed E-state index contributed by atoms with van der Waals surface area (Å²) >= 11 is 0. The molecule has 0 aliphatic heterocycles. The molecule has 1 aromatic rings. The molecule has 4 nitrogen and oxygen atoms in total. The van der Waals surface area contributed by atoms with Crippen molar-refractivity contribution in [3.63, 3.8) is 0 Å². The van der Waals surface area contributed by atoms with Gasteiger partial charge in [0.25, 0.3) is 0 Å². The smallest absolute Gasteiger partial charge is 0.220 e. The summed E-state index contributed by atoms with van der Waals surface area (Å²) in [5.41, 5.74) is 8.43. The van der Waals surface area contributed by atoms with Crippen LogP contribution in [0.25, 0.3) is 0 Å². The van der Waals surface area contributed by atoms with E-state index in [1.165, 1.54) is 0 Å². The lowest BCUT2D eigenvalue weighted by molar-refractivity contribution is -0.121. The average Bonchev–Trinajstić information content (AvgIpc) is 2.37. The van der Waals surface area contributed by atoms with Crippen LogP contribution in [0, 0.1) is 0 Å². The van der Waals surface area contributed by atoms with Crippen LogP contribution in [0.4, 0.5) is 5.69 Å². The predicted molar refractivity (Wildman–Crippen MR) is 77.8 cm³/mol. The van der Waals surface area contributed by atoms with Gasteiger partial charge in [-0.2, -0.15) is 0 Å². The predicted octanol–water partition coefficient (Wildman–Crippen LogP) is 1.91. The number of nitrogens with two attached hydrogens (primary N) is 1. The van der Waals surface area contributed by atoms with Crippen LogP contribution < -0.4 is 11.1 Å². The summed E-state index contributed by atoms with van der Waals surface area (Å²) in [6.45, 7) is 7.24. The van der Waals surface area contributed by atoms with E-state index >= 15 is 0 Å². The van der Waals surface area contributed by atoms with Gasteiger partial charge in [0.15, 0.2) is 0 Å². The number of carbonyl (C=O) groups excluding carboxylic acids is 1. The topological polar surface area (TPSA) is 64.3 Å². The molecule has 0 saturated heterocycles. The third kappa shape index (κ3) is 7.26. The van der Waals surface area contributed by atoms with Gasteiger partial charge in [0.05, 0.1) is 13.2 Å². The van der Waals surface area contributed by atoms with Crippen LogP contribution in [0.5, 0.6) is 0 Å². The zero-order valence-electron chi connectivity index (χ0n) is 11.4. The molecule has 19 heavy (non-hydrogen) atoms. The molecule has 4 heteroatoms. The molecule has 0 spiro atoms. The number of nitrogens with one attached hydrogen (secondary N) is 1. The monoisotopic (exact) mass is 262 g/mol. The molecule has 1 rings (SSSR count). The maximum absolute atomic E-state index is 11.6. The zero-order valence-corrected chi connectivity index (χ0v) is 11.4. The van der Waals surface area contributed by atoms with E-state index in [2.05, 4.69) is 11.9 Å². The Morgan fingerprint density at radius 2 is 2.05 bits per heavy atom. The highest BCUT2D eigenvalue weighted by Crippen LogP contribution is 2.07. The van der Waals surface area contributed by atoms with Gasteiger partial charge in [-0.1, -0.05) is 24.3 Å². The normalized spacial score (nSPS) is 10.2. The molecule has 0 unspecified atom stereocenters. The van der Waals surface area contributed by atoms with E-state index in [-0.39, 0.29) is 5.91 Å². The molecule has 0 aliphatic carbocycles. The lowest BCUT2D eigenvalue weighted by atomic mass is 10.1. The molecule has 0 radical (unpaired) electrons. The van der Waals surface area contributed by atoms with Gasteiger partial charge in [0.1, 0.15) is 0 Å². The van der Waals surface area contributed by atoms with E-state index < -0.39 is 0 Å². The minimum Gasteiger partial charge on any atom is -0.399 e. The van der Waals surface area contributed by atoms with Gasteiger partial charge >= 0.3 is 0 Å². The first kappa shape index (κ1) is 15.2. The SMILES string of the molecule is C=C(C)COCCNC(=O)CCc1ccc(N)cc1. The summed E-state index contributed by atoms with van der Waals surface area (Å²) < 4.78 is 5.29. The van der Waals surface area contributed by atoms with Crippen molar-refractivity contribution in [1.82, 2.24) is 5.32 Å². The van der Waals surface area contributed by atoms with Crippen LogP contribution in [0.15, 0.2) is 36.4 Å². The minimum atomic E-state index is 0.0377. The molecule has 0 saturated carbocycles. The first-order valence-corrected chi connectivity index (χ1v) is 6.41. The molecule has 0 bridgehead atoms. The largest absolute Gasteiger partial charge is 0.399 e. The highest BCUT2D eigenvalue weighted by atomic mass is 16.5. The van der Waals surface area contributed by atoms with Crippen molar-refractivity contribution < 1.29 is 9.53 Å². The maximum atomic E-state index is 11.6. The van der Waals surface area contributed by atoms with Crippen molar-refractivity contribution in [2.75, 3.05) is 25.5 Å². The summed E-state index contributed by atoms with van der Waals surface area (Å²) in [6.07, 6.45) is 1.20. The second-order valence-corrected chi connectivity index (χ2v) is 4.60. The second-order valence-electron chi connectivity index (χ2n) is 4.60. The van der Waals surface area contributed by atoms with E-state index in [4.69, 9.17) is 10.5 Å². The number of anilines is 1. The molecule has 0 aromatic heterocycles. The van der Waals surface area contributed by atoms with Gasteiger partial charge in [0.2, 0.25) is 5.91 Å². The fourth-order valence-corrected chi connectivity index (χ4v) is 1.54. The number of rotatable bonds is 8. The molecule has 0 atom stereocenters. The lowest BCUT2D eigenvalue weighted by Gasteiger charge is -2.06. The summed E-state index contributed by atoms with van der Waals surface area (Å²) in [5, 5.41) is 2.82. The molecule has 1 amide bonds. The van der Waals surface area contributed by atoms with Gasteiger partial charge in [-0.15, -0.1) is 0 Å². The van der Waals surface area contributed by atoms with Crippen molar-refractivity contribution >= 4 is 11.6 Å². The summed E-state index contributed by atoms with van der Waals surface area (Å²) in [4.78, 5) is 11.6. The number of nitrogen functional groups attached to an aromatic ring is 1. The first-order valence-electron chi connectivity index (χ1n) is 6.41. The quantitative estimate of drug-likeness (QED) is 0.427. The van der Waals surface area contributed by atoms with Crippen molar-refractivity contribution in [2.24, 2.45) is 0 Å². The summed E-state index contributed by atoms with van der Waals surface area (Å²) in [7, 11) is 0. The van der Waals surface area contributed by atoms with Crippen LogP contribution in [-0.2, 0) is 16.0 Å². The van der Waals surface area contributed by atoms with Gasteiger partial charge in [-0.25, -0.2) is 0 Å². The van der Waals surface area contributed by atoms with Crippen molar-refractivity contribution in [3.8, 4) is 0 Å². The number of ether oxygens (including phenoxy) is 1. The number of hydrogen-bond acceptors (Lipinski definition) is 3. The number of amides is 1. The summed E-state index contributed by atoms with van der Waals surface area (Å²) in [6, 6.07) is 7.58. The highest BCUT2D eigenvalue weighted by Gasteiger charge is 2.01. The van der Waals surface area contributed by atoms with Crippen molar-refractivity contribution in [3.05, 3.63) is 42.0 Å². The number of benzene rings is 1. The van der Waals surface area contributed by atoms with E-state index in [0.29, 0.717) is 26.2 Å². The zero-order chi connectivity index (χ0) is 14.1. The molecule has 0 heterocycles.